The molecule has 0 saturated carbocycles. The molecule has 0 aliphatic rings. The Morgan fingerprint density at radius 1 is 1.40 bits per heavy atom. The van der Waals surface area contributed by atoms with E-state index in [-0.39, 0.29) is 10.6 Å². The van der Waals surface area contributed by atoms with E-state index >= 15 is 0 Å². The predicted octanol–water partition coefficient (Wildman–Crippen LogP) is 4.84. The molecule has 2 aromatic rings. The van der Waals surface area contributed by atoms with Crippen LogP contribution in [0.1, 0.15) is 10.4 Å². The molecule has 0 bridgehead atoms. The molecule has 0 fully saturated rings. The molecule has 2 rings (SSSR count). The molecule has 0 amide bonds. The van der Waals surface area contributed by atoms with Crippen LogP contribution in [0.25, 0.3) is 0 Å². The molecular weight excluding hydrogens is 364 g/mol. The van der Waals surface area contributed by atoms with Gasteiger partial charge in [-0.3, -0.25) is 10.1 Å². The SMILES string of the molecule is CN(Cc1ccc(Cl)s1)c1ccc(CBr)cc1[N+](=O)[O-]. The van der Waals surface area contributed by atoms with Gasteiger partial charge in [-0.2, -0.15) is 0 Å². The molecule has 0 N–H and O–H groups in total. The largest absolute Gasteiger partial charge is 0.364 e. The number of benzene rings is 1. The zero-order valence-electron chi connectivity index (χ0n) is 10.7. The molecule has 1 aromatic heterocycles. The highest BCUT2D eigenvalue weighted by molar-refractivity contribution is 9.08. The van der Waals surface area contributed by atoms with Crippen LogP contribution < -0.4 is 4.90 Å². The van der Waals surface area contributed by atoms with E-state index in [1.54, 1.807) is 12.1 Å². The Morgan fingerprint density at radius 2 is 2.15 bits per heavy atom. The third-order valence-corrected chi connectivity index (χ3v) is 4.69. The fourth-order valence-corrected chi connectivity index (χ4v) is 3.37. The van der Waals surface area contributed by atoms with E-state index in [1.807, 2.05) is 30.1 Å². The minimum Gasteiger partial charge on any atom is -0.364 e. The van der Waals surface area contributed by atoms with Gasteiger partial charge in [-0.25, -0.2) is 0 Å². The molecule has 0 spiro atoms. The third-order valence-electron chi connectivity index (χ3n) is 2.82. The maximum Gasteiger partial charge on any atom is 0.292 e. The molecular formula is C13H12BrClN2O2S. The minimum atomic E-state index is -0.348. The Morgan fingerprint density at radius 3 is 2.70 bits per heavy atom. The first-order chi connectivity index (χ1) is 9.51. The van der Waals surface area contributed by atoms with Gasteiger partial charge in [0.25, 0.3) is 5.69 Å². The van der Waals surface area contributed by atoms with Crippen molar-refractivity contribution in [2.24, 2.45) is 0 Å². The molecule has 1 aromatic carbocycles. The van der Waals surface area contributed by atoms with Gasteiger partial charge in [0, 0.05) is 23.3 Å². The second-order valence-electron chi connectivity index (χ2n) is 4.28. The fourth-order valence-electron chi connectivity index (χ4n) is 1.88. The average molecular weight is 376 g/mol. The number of rotatable bonds is 5. The highest BCUT2D eigenvalue weighted by Crippen LogP contribution is 2.31. The van der Waals surface area contributed by atoms with Crippen LogP contribution in [0.3, 0.4) is 0 Å². The predicted molar refractivity (Wildman–Crippen MR) is 87.2 cm³/mol. The lowest BCUT2D eigenvalue weighted by atomic mass is 10.2. The number of nitro groups is 1. The summed E-state index contributed by atoms with van der Waals surface area (Å²) in [5.41, 5.74) is 1.60. The molecule has 0 atom stereocenters. The smallest absolute Gasteiger partial charge is 0.292 e. The Balaban J connectivity index is 2.28. The summed E-state index contributed by atoms with van der Waals surface area (Å²) in [5, 5.41) is 11.8. The van der Waals surface area contributed by atoms with Gasteiger partial charge in [-0.1, -0.05) is 33.6 Å². The first kappa shape index (κ1) is 15.3. The van der Waals surface area contributed by atoms with E-state index in [9.17, 15) is 10.1 Å². The molecule has 0 radical (unpaired) electrons. The average Bonchev–Trinajstić information content (AvgIpc) is 2.83. The Kier molecular flexibility index (Phi) is 5.01. The quantitative estimate of drug-likeness (QED) is 0.427. The van der Waals surface area contributed by atoms with Gasteiger partial charge in [-0.15, -0.1) is 11.3 Å². The zero-order chi connectivity index (χ0) is 14.7. The summed E-state index contributed by atoms with van der Waals surface area (Å²) < 4.78 is 0.720. The monoisotopic (exact) mass is 374 g/mol. The normalized spacial score (nSPS) is 10.6. The summed E-state index contributed by atoms with van der Waals surface area (Å²) in [5.74, 6) is 0. The molecule has 0 aliphatic carbocycles. The van der Waals surface area contributed by atoms with E-state index < -0.39 is 0 Å². The summed E-state index contributed by atoms with van der Waals surface area (Å²) in [6.07, 6.45) is 0. The second-order valence-corrected chi connectivity index (χ2v) is 6.64. The summed E-state index contributed by atoms with van der Waals surface area (Å²) in [7, 11) is 1.84. The van der Waals surface area contributed by atoms with Crippen LogP contribution in [-0.2, 0) is 11.9 Å². The van der Waals surface area contributed by atoms with Crippen molar-refractivity contribution in [3.05, 3.63) is 55.2 Å². The van der Waals surface area contributed by atoms with Gasteiger partial charge >= 0.3 is 0 Å². The molecule has 106 valence electrons. The van der Waals surface area contributed by atoms with Gasteiger partial charge in [0.05, 0.1) is 15.8 Å². The molecule has 7 heteroatoms. The summed E-state index contributed by atoms with van der Waals surface area (Å²) in [6, 6.07) is 9.03. The van der Waals surface area contributed by atoms with Crippen LogP contribution in [0.15, 0.2) is 30.3 Å². The van der Waals surface area contributed by atoms with Crippen molar-refractivity contribution >= 4 is 50.2 Å². The number of alkyl halides is 1. The van der Waals surface area contributed by atoms with Crippen molar-refractivity contribution in [2.45, 2.75) is 11.9 Å². The van der Waals surface area contributed by atoms with Crippen molar-refractivity contribution in [3.63, 3.8) is 0 Å². The van der Waals surface area contributed by atoms with Crippen LogP contribution in [0.4, 0.5) is 11.4 Å². The standard InChI is InChI=1S/C13H12BrClN2O2S/c1-16(8-10-3-5-13(15)20-10)11-4-2-9(7-14)6-12(11)17(18)19/h2-6H,7-8H2,1H3. The molecule has 0 aliphatic heterocycles. The number of hydrogen-bond acceptors (Lipinski definition) is 4. The van der Waals surface area contributed by atoms with Crippen molar-refractivity contribution < 1.29 is 4.92 Å². The number of nitrogens with zero attached hydrogens (tertiary/aromatic N) is 2. The van der Waals surface area contributed by atoms with E-state index in [2.05, 4.69) is 15.9 Å². The van der Waals surface area contributed by atoms with Crippen LogP contribution >= 0.6 is 38.9 Å². The lowest BCUT2D eigenvalue weighted by molar-refractivity contribution is -0.384. The number of thiophene rings is 1. The molecule has 0 saturated heterocycles. The maximum atomic E-state index is 11.2. The van der Waals surface area contributed by atoms with Crippen molar-refractivity contribution in [1.29, 1.82) is 0 Å². The van der Waals surface area contributed by atoms with Crippen molar-refractivity contribution in [2.75, 3.05) is 11.9 Å². The van der Waals surface area contributed by atoms with E-state index in [1.165, 1.54) is 11.3 Å². The molecule has 4 nitrogen and oxygen atoms in total. The maximum absolute atomic E-state index is 11.2. The Bertz CT molecular complexity index is 633. The molecule has 0 unspecified atom stereocenters. The first-order valence-corrected chi connectivity index (χ1v) is 8.11. The van der Waals surface area contributed by atoms with Crippen molar-refractivity contribution in [1.82, 2.24) is 0 Å². The first-order valence-electron chi connectivity index (χ1n) is 5.80. The van der Waals surface area contributed by atoms with Crippen LogP contribution in [0.5, 0.6) is 0 Å². The fraction of sp³-hybridized carbons (Fsp3) is 0.231. The Hall–Kier alpha value is -1.11. The second kappa shape index (κ2) is 6.56. The lowest BCUT2D eigenvalue weighted by Gasteiger charge is -2.18. The number of halogens is 2. The summed E-state index contributed by atoms with van der Waals surface area (Å²) >= 11 is 10.7. The van der Waals surface area contributed by atoms with Gasteiger partial charge in [0.2, 0.25) is 0 Å². The van der Waals surface area contributed by atoms with E-state index in [0.717, 1.165) is 14.8 Å². The zero-order valence-corrected chi connectivity index (χ0v) is 13.8. The number of hydrogen-bond donors (Lipinski definition) is 0. The Labute approximate surface area is 134 Å². The van der Waals surface area contributed by atoms with Crippen LogP contribution in [0.2, 0.25) is 4.34 Å². The number of nitro benzene ring substituents is 1. The molecule has 1 heterocycles. The number of anilines is 1. The lowest BCUT2D eigenvalue weighted by Crippen LogP contribution is -2.17. The summed E-state index contributed by atoms with van der Waals surface area (Å²) in [4.78, 5) is 13.8. The van der Waals surface area contributed by atoms with E-state index in [0.29, 0.717) is 17.6 Å². The molecule has 20 heavy (non-hydrogen) atoms. The van der Waals surface area contributed by atoms with Crippen LogP contribution in [-0.4, -0.2) is 12.0 Å². The van der Waals surface area contributed by atoms with Gasteiger partial charge in [-0.05, 0) is 23.8 Å². The van der Waals surface area contributed by atoms with Crippen LogP contribution in [0, 0.1) is 10.1 Å². The van der Waals surface area contributed by atoms with E-state index in [4.69, 9.17) is 11.6 Å². The highest BCUT2D eigenvalue weighted by atomic mass is 79.9. The third kappa shape index (κ3) is 3.50. The topological polar surface area (TPSA) is 46.4 Å². The van der Waals surface area contributed by atoms with Gasteiger partial charge in [0.1, 0.15) is 5.69 Å². The van der Waals surface area contributed by atoms with Gasteiger partial charge < -0.3 is 4.90 Å². The summed E-state index contributed by atoms with van der Waals surface area (Å²) in [6.45, 7) is 0.589. The van der Waals surface area contributed by atoms with Crippen molar-refractivity contribution in [3.8, 4) is 0 Å². The van der Waals surface area contributed by atoms with Gasteiger partial charge in [0.15, 0.2) is 0 Å². The highest BCUT2D eigenvalue weighted by Gasteiger charge is 2.18. The minimum absolute atomic E-state index is 0.118.